The fourth-order valence-electron chi connectivity index (χ4n) is 3.26. The number of aromatic nitrogens is 1. The molecule has 0 saturated carbocycles. The van der Waals surface area contributed by atoms with Crippen LogP contribution in [0.3, 0.4) is 0 Å². The molecule has 120 valence electrons. The van der Waals surface area contributed by atoms with E-state index in [1.54, 1.807) is 12.1 Å². The fraction of sp³-hybridized carbons (Fsp3) is 0.167. The Bertz CT molecular complexity index is 1080. The molecule has 3 aromatic rings. The molecule has 0 bridgehead atoms. The van der Waals surface area contributed by atoms with Crippen LogP contribution in [0.25, 0.3) is 10.9 Å². The Morgan fingerprint density at radius 3 is 2.58 bits per heavy atom. The Morgan fingerprint density at radius 2 is 1.75 bits per heavy atom. The molecule has 0 saturated heterocycles. The minimum Gasteiger partial charge on any atom is -0.342 e. The highest BCUT2D eigenvalue weighted by Crippen LogP contribution is 2.28. The van der Waals surface area contributed by atoms with Gasteiger partial charge in [-0.25, -0.2) is 8.42 Å². The second kappa shape index (κ2) is 5.48. The van der Waals surface area contributed by atoms with Crippen LogP contribution in [0.1, 0.15) is 11.3 Å². The van der Waals surface area contributed by atoms with Crippen LogP contribution in [0.4, 0.5) is 0 Å². The van der Waals surface area contributed by atoms with Gasteiger partial charge in [-0.1, -0.05) is 30.3 Å². The van der Waals surface area contributed by atoms with Crippen molar-refractivity contribution in [3.8, 4) is 6.07 Å². The van der Waals surface area contributed by atoms with Gasteiger partial charge < -0.3 is 4.57 Å². The maximum absolute atomic E-state index is 13.0. The maximum atomic E-state index is 13.0. The molecule has 5 nitrogen and oxygen atoms in total. The van der Waals surface area contributed by atoms with E-state index in [9.17, 15) is 13.7 Å². The van der Waals surface area contributed by atoms with Gasteiger partial charge in [-0.05, 0) is 29.7 Å². The van der Waals surface area contributed by atoms with Gasteiger partial charge in [-0.3, -0.25) is 0 Å². The van der Waals surface area contributed by atoms with Crippen LogP contribution in [0, 0.1) is 11.3 Å². The molecule has 0 amide bonds. The van der Waals surface area contributed by atoms with Gasteiger partial charge in [-0.2, -0.15) is 9.57 Å². The molecular weight excluding hydrogens is 322 g/mol. The molecular formula is C18H15N3O2S. The highest BCUT2D eigenvalue weighted by molar-refractivity contribution is 7.89. The van der Waals surface area contributed by atoms with Gasteiger partial charge in [0.1, 0.15) is 6.07 Å². The molecule has 1 aliphatic heterocycles. The largest absolute Gasteiger partial charge is 0.342 e. The van der Waals surface area contributed by atoms with Crippen LogP contribution < -0.4 is 0 Å². The van der Waals surface area contributed by atoms with E-state index in [1.807, 2.05) is 36.4 Å². The highest BCUT2D eigenvalue weighted by atomic mass is 32.2. The summed E-state index contributed by atoms with van der Waals surface area (Å²) in [4.78, 5) is 0.0806. The molecule has 0 N–H and O–H groups in total. The zero-order chi connectivity index (χ0) is 16.7. The zero-order valence-electron chi connectivity index (χ0n) is 12.9. The van der Waals surface area contributed by atoms with Crippen LogP contribution >= 0.6 is 0 Å². The minimum atomic E-state index is -3.69. The van der Waals surface area contributed by atoms with Gasteiger partial charge in [0, 0.05) is 24.3 Å². The second-order valence-electron chi connectivity index (χ2n) is 5.79. The first-order chi connectivity index (χ1) is 11.6. The standard InChI is InChI=1S/C18H15N3O2S/c19-12-15-6-2-4-8-18(15)24(22,23)20-9-10-21-16(13-20)11-14-5-1-3-7-17(14)21/h1-8,11H,9-10,13H2. The first-order valence-electron chi connectivity index (χ1n) is 7.68. The van der Waals surface area contributed by atoms with Crippen LogP contribution in [-0.4, -0.2) is 23.8 Å². The van der Waals surface area contributed by atoms with Crippen molar-refractivity contribution >= 4 is 20.9 Å². The summed E-state index contributed by atoms with van der Waals surface area (Å²) in [6.07, 6.45) is 0. The topological polar surface area (TPSA) is 66.1 Å². The van der Waals surface area contributed by atoms with Gasteiger partial charge in [0.25, 0.3) is 0 Å². The van der Waals surface area contributed by atoms with Crippen molar-refractivity contribution in [3.05, 3.63) is 65.9 Å². The number of para-hydroxylation sites is 1. The van der Waals surface area contributed by atoms with E-state index in [1.165, 1.54) is 16.4 Å². The third-order valence-corrected chi connectivity index (χ3v) is 6.34. The number of benzene rings is 2. The molecule has 0 aliphatic carbocycles. The summed E-state index contributed by atoms with van der Waals surface area (Å²) in [6.45, 7) is 1.32. The molecule has 1 aromatic heterocycles. The van der Waals surface area contributed by atoms with Crippen LogP contribution in [0.15, 0.2) is 59.5 Å². The number of nitrogens with zero attached hydrogens (tertiary/aromatic N) is 3. The molecule has 0 spiro atoms. The third kappa shape index (κ3) is 2.21. The van der Waals surface area contributed by atoms with Crippen molar-refractivity contribution in [2.45, 2.75) is 18.0 Å². The van der Waals surface area contributed by atoms with Gasteiger partial charge in [-0.15, -0.1) is 0 Å². The van der Waals surface area contributed by atoms with Crippen molar-refractivity contribution in [1.82, 2.24) is 8.87 Å². The van der Waals surface area contributed by atoms with Gasteiger partial charge in [0.15, 0.2) is 0 Å². The highest BCUT2D eigenvalue weighted by Gasteiger charge is 2.30. The lowest BCUT2D eigenvalue weighted by Crippen LogP contribution is -2.38. The first kappa shape index (κ1) is 14.9. The summed E-state index contributed by atoms with van der Waals surface area (Å²) in [5.41, 5.74) is 2.28. The third-order valence-electron chi connectivity index (χ3n) is 4.43. The van der Waals surface area contributed by atoms with E-state index in [0.29, 0.717) is 19.6 Å². The van der Waals surface area contributed by atoms with E-state index in [0.717, 1.165) is 16.6 Å². The van der Waals surface area contributed by atoms with Crippen molar-refractivity contribution < 1.29 is 8.42 Å². The summed E-state index contributed by atoms with van der Waals surface area (Å²) in [5.74, 6) is 0. The Hall–Kier alpha value is -2.62. The number of hydrogen-bond donors (Lipinski definition) is 0. The zero-order valence-corrected chi connectivity index (χ0v) is 13.7. The maximum Gasteiger partial charge on any atom is 0.244 e. The average molecular weight is 337 g/mol. The summed E-state index contributed by atoms with van der Waals surface area (Å²) in [7, 11) is -3.69. The van der Waals surface area contributed by atoms with E-state index >= 15 is 0 Å². The monoisotopic (exact) mass is 337 g/mol. The normalized spacial score (nSPS) is 15.1. The average Bonchev–Trinajstić information content (AvgIpc) is 2.99. The van der Waals surface area contributed by atoms with E-state index in [-0.39, 0.29) is 10.5 Å². The lowest BCUT2D eigenvalue weighted by atomic mass is 10.2. The van der Waals surface area contributed by atoms with Crippen LogP contribution in [-0.2, 0) is 23.1 Å². The molecule has 2 heterocycles. The molecule has 0 radical (unpaired) electrons. The molecule has 1 aliphatic rings. The smallest absolute Gasteiger partial charge is 0.244 e. The lowest BCUT2D eigenvalue weighted by molar-refractivity contribution is 0.345. The number of rotatable bonds is 2. The first-order valence-corrected chi connectivity index (χ1v) is 9.12. The summed E-state index contributed by atoms with van der Waals surface area (Å²) < 4.78 is 29.5. The summed E-state index contributed by atoms with van der Waals surface area (Å²) in [5, 5.41) is 10.3. The SMILES string of the molecule is N#Cc1ccccc1S(=O)(=O)N1CCn2c(cc3ccccc32)C1. The predicted octanol–water partition coefficient (Wildman–Crippen LogP) is 2.72. The summed E-state index contributed by atoms with van der Waals surface area (Å²) >= 11 is 0. The van der Waals surface area contributed by atoms with Crippen molar-refractivity contribution in [2.75, 3.05) is 6.54 Å². The van der Waals surface area contributed by atoms with Crippen molar-refractivity contribution in [2.24, 2.45) is 0 Å². The Labute approximate surface area is 140 Å². The Kier molecular flexibility index (Phi) is 3.41. The molecule has 0 fully saturated rings. The molecule has 0 unspecified atom stereocenters. The minimum absolute atomic E-state index is 0.0806. The number of hydrogen-bond acceptors (Lipinski definition) is 3. The van der Waals surface area contributed by atoms with Crippen LogP contribution in [0.5, 0.6) is 0 Å². The quantitative estimate of drug-likeness (QED) is 0.722. The molecule has 0 atom stereocenters. The molecule has 4 rings (SSSR count). The second-order valence-corrected chi connectivity index (χ2v) is 7.70. The van der Waals surface area contributed by atoms with Crippen molar-refractivity contribution in [3.63, 3.8) is 0 Å². The lowest BCUT2D eigenvalue weighted by Gasteiger charge is -2.28. The van der Waals surface area contributed by atoms with Gasteiger partial charge >= 0.3 is 0 Å². The van der Waals surface area contributed by atoms with E-state index in [4.69, 9.17) is 0 Å². The molecule has 6 heteroatoms. The molecule has 2 aromatic carbocycles. The van der Waals surface area contributed by atoms with Crippen LogP contribution in [0.2, 0.25) is 0 Å². The number of sulfonamides is 1. The Balaban J connectivity index is 1.75. The van der Waals surface area contributed by atoms with Gasteiger partial charge in [0.2, 0.25) is 10.0 Å². The Morgan fingerprint density at radius 1 is 1.00 bits per heavy atom. The van der Waals surface area contributed by atoms with E-state index in [2.05, 4.69) is 4.57 Å². The predicted molar refractivity (Wildman–Crippen MR) is 90.7 cm³/mol. The van der Waals surface area contributed by atoms with Gasteiger partial charge in [0.05, 0.1) is 17.0 Å². The fourth-order valence-corrected chi connectivity index (χ4v) is 4.81. The molecule has 24 heavy (non-hydrogen) atoms. The summed E-state index contributed by atoms with van der Waals surface area (Å²) in [6, 6.07) is 18.4. The van der Waals surface area contributed by atoms with Crippen molar-refractivity contribution in [1.29, 1.82) is 5.26 Å². The van der Waals surface area contributed by atoms with E-state index < -0.39 is 10.0 Å². The number of nitriles is 1. The number of fused-ring (bicyclic) bond motifs is 3.